The van der Waals surface area contributed by atoms with E-state index in [9.17, 15) is 8.42 Å². The molecular formula is C13H20N2O4S. The van der Waals surface area contributed by atoms with Gasteiger partial charge < -0.3 is 15.2 Å². The van der Waals surface area contributed by atoms with Crippen molar-refractivity contribution in [3.63, 3.8) is 0 Å². The van der Waals surface area contributed by atoms with Crippen LogP contribution in [0.4, 0.5) is 0 Å². The van der Waals surface area contributed by atoms with Crippen LogP contribution >= 0.6 is 0 Å². The van der Waals surface area contributed by atoms with Crippen molar-refractivity contribution < 1.29 is 17.9 Å². The molecule has 1 aliphatic rings. The van der Waals surface area contributed by atoms with Crippen LogP contribution in [0.2, 0.25) is 0 Å². The third-order valence-corrected chi connectivity index (χ3v) is 5.18. The normalized spacial score (nSPS) is 22.4. The predicted molar refractivity (Wildman–Crippen MR) is 75.1 cm³/mol. The Balaban J connectivity index is 2.25. The molecule has 2 N–H and O–H groups in total. The number of rotatable bonds is 4. The Morgan fingerprint density at radius 1 is 1.50 bits per heavy atom. The van der Waals surface area contributed by atoms with Crippen LogP contribution < -0.4 is 10.5 Å². The van der Waals surface area contributed by atoms with Crippen molar-refractivity contribution in [2.75, 3.05) is 26.8 Å². The van der Waals surface area contributed by atoms with Gasteiger partial charge in [-0.2, -0.15) is 4.31 Å². The summed E-state index contributed by atoms with van der Waals surface area (Å²) in [5.74, 6) is 0.517. The lowest BCUT2D eigenvalue weighted by Crippen LogP contribution is -2.51. The minimum absolute atomic E-state index is 0.210. The van der Waals surface area contributed by atoms with Crippen molar-refractivity contribution in [3.8, 4) is 5.75 Å². The number of hydrogen-bond acceptors (Lipinski definition) is 5. The fourth-order valence-corrected chi connectivity index (χ4v) is 3.57. The molecular weight excluding hydrogens is 280 g/mol. The number of benzene rings is 1. The lowest BCUT2D eigenvalue weighted by atomic mass is 10.2. The Morgan fingerprint density at radius 2 is 2.25 bits per heavy atom. The summed E-state index contributed by atoms with van der Waals surface area (Å²) in [6.45, 7) is 2.78. The molecule has 1 heterocycles. The monoisotopic (exact) mass is 300 g/mol. The van der Waals surface area contributed by atoms with Gasteiger partial charge in [-0.05, 0) is 19.1 Å². The van der Waals surface area contributed by atoms with E-state index in [1.165, 1.54) is 17.5 Å². The maximum Gasteiger partial charge on any atom is 0.243 e. The second-order valence-corrected chi connectivity index (χ2v) is 6.75. The molecule has 1 fully saturated rings. The Hall–Kier alpha value is -1.15. The topological polar surface area (TPSA) is 81.9 Å². The highest BCUT2D eigenvalue weighted by Gasteiger charge is 2.32. The molecule has 0 radical (unpaired) electrons. The van der Waals surface area contributed by atoms with Crippen molar-refractivity contribution >= 4 is 10.0 Å². The van der Waals surface area contributed by atoms with Gasteiger partial charge in [0.15, 0.2) is 0 Å². The molecule has 2 rings (SSSR count). The maximum atomic E-state index is 12.6. The lowest BCUT2D eigenvalue weighted by Gasteiger charge is -2.33. The van der Waals surface area contributed by atoms with E-state index in [1.54, 1.807) is 18.2 Å². The fourth-order valence-electron chi connectivity index (χ4n) is 2.10. The predicted octanol–water partition coefficient (Wildman–Crippen LogP) is 0.432. The molecule has 2 atom stereocenters. The number of hydrogen-bond donors (Lipinski definition) is 1. The zero-order chi connectivity index (χ0) is 14.8. The average molecular weight is 300 g/mol. The first-order valence-electron chi connectivity index (χ1n) is 6.46. The van der Waals surface area contributed by atoms with E-state index in [4.69, 9.17) is 15.2 Å². The molecule has 0 bridgehead atoms. The first-order valence-corrected chi connectivity index (χ1v) is 7.90. The van der Waals surface area contributed by atoms with Crippen LogP contribution in [0.5, 0.6) is 5.75 Å². The molecule has 7 heteroatoms. The summed E-state index contributed by atoms with van der Waals surface area (Å²) in [6.07, 6.45) is -0.274. The van der Waals surface area contributed by atoms with Crippen LogP contribution in [0.1, 0.15) is 6.92 Å². The van der Waals surface area contributed by atoms with Crippen molar-refractivity contribution in [2.45, 2.75) is 24.0 Å². The van der Waals surface area contributed by atoms with Gasteiger partial charge in [0, 0.05) is 25.2 Å². The van der Waals surface area contributed by atoms with E-state index in [1.807, 2.05) is 6.92 Å². The van der Waals surface area contributed by atoms with Crippen molar-refractivity contribution in [2.24, 2.45) is 5.73 Å². The van der Waals surface area contributed by atoms with E-state index in [0.717, 1.165) is 0 Å². The maximum absolute atomic E-state index is 12.6. The molecule has 20 heavy (non-hydrogen) atoms. The Labute approximate surface area is 119 Å². The van der Waals surface area contributed by atoms with Gasteiger partial charge in [-0.25, -0.2) is 8.42 Å². The molecule has 2 unspecified atom stereocenters. The van der Waals surface area contributed by atoms with Crippen LogP contribution in [0, 0.1) is 0 Å². The summed E-state index contributed by atoms with van der Waals surface area (Å²) in [5.41, 5.74) is 5.79. The van der Waals surface area contributed by atoms with E-state index in [0.29, 0.717) is 18.9 Å². The molecule has 1 aromatic carbocycles. The van der Waals surface area contributed by atoms with Gasteiger partial charge in [-0.15, -0.1) is 0 Å². The summed E-state index contributed by atoms with van der Waals surface area (Å²) in [5, 5.41) is 0. The number of nitrogens with zero attached hydrogens (tertiary/aromatic N) is 1. The molecule has 0 amide bonds. The van der Waals surface area contributed by atoms with Gasteiger partial charge in [-0.3, -0.25) is 0 Å². The third kappa shape index (κ3) is 3.12. The highest BCUT2D eigenvalue weighted by molar-refractivity contribution is 7.89. The van der Waals surface area contributed by atoms with Gasteiger partial charge >= 0.3 is 0 Å². The molecule has 0 aromatic heterocycles. The molecule has 1 aromatic rings. The molecule has 0 spiro atoms. The number of morpholine rings is 1. The van der Waals surface area contributed by atoms with Crippen LogP contribution in [0.15, 0.2) is 29.2 Å². The first kappa shape index (κ1) is 15.2. The fraction of sp³-hybridized carbons (Fsp3) is 0.538. The summed E-state index contributed by atoms with van der Waals surface area (Å²) >= 11 is 0. The van der Waals surface area contributed by atoms with Crippen LogP contribution in [-0.2, 0) is 14.8 Å². The third-order valence-electron chi connectivity index (χ3n) is 3.32. The van der Waals surface area contributed by atoms with E-state index < -0.39 is 10.0 Å². The van der Waals surface area contributed by atoms with Crippen molar-refractivity contribution in [1.29, 1.82) is 0 Å². The lowest BCUT2D eigenvalue weighted by molar-refractivity contribution is -0.0120. The van der Waals surface area contributed by atoms with Gasteiger partial charge in [0.1, 0.15) is 5.75 Å². The van der Waals surface area contributed by atoms with Crippen LogP contribution in [0.25, 0.3) is 0 Å². The smallest absolute Gasteiger partial charge is 0.243 e. The SMILES string of the molecule is COc1cccc(S(=O)(=O)N2CCOC(C(C)N)C2)c1. The second kappa shape index (κ2) is 6.09. The average Bonchev–Trinajstić information content (AvgIpc) is 2.47. The number of methoxy groups -OCH3 is 1. The summed E-state index contributed by atoms with van der Waals surface area (Å²) in [6, 6.07) is 6.25. The zero-order valence-corrected chi connectivity index (χ0v) is 12.5. The van der Waals surface area contributed by atoms with E-state index in [-0.39, 0.29) is 23.6 Å². The molecule has 6 nitrogen and oxygen atoms in total. The number of sulfonamides is 1. The molecule has 1 aliphatic heterocycles. The minimum atomic E-state index is -3.54. The van der Waals surface area contributed by atoms with E-state index >= 15 is 0 Å². The van der Waals surface area contributed by atoms with Gasteiger partial charge in [0.25, 0.3) is 0 Å². The van der Waals surface area contributed by atoms with Crippen LogP contribution in [-0.4, -0.2) is 51.7 Å². The first-order chi connectivity index (χ1) is 9.45. The Kier molecular flexibility index (Phi) is 4.64. The Morgan fingerprint density at radius 3 is 2.90 bits per heavy atom. The molecule has 112 valence electrons. The number of nitrogens with two attached hydrogens (primary N) is 1. The zero-order valence-electron chi connectivity index (χ0n) is 11.7. The van der Waals surface area contributed by atoms with Gasteiger partial charge in [0.2, 0.25) is 10.0 Å². The Bertz CT molecular complexity index is 559. The van der Waals surface area contributed by atoms with Crippen LogP contribution in [0.3, 0.4) is 0 Å². The van der Waals surface area contributed by atoms with Gasteiger partial charge in [0.05, 0.1) is 24.7 Å². The number of ether oxygens (including phenoxy) is 2. The molecule has 0 aliphatic carbocycles. The standard InChI is InChI=1S/C13H20N2O4S/c1-10(14)13-9-15(6-7-19-13)20(16,17)12-5-3-4-11(8-12)18-2/h3-5,8,10,13H,6-7,9,14H2,1-2H3. The van der Waals surface area contributed by atoms with Crippen molar-refractivity contribution in [1.82, 2.24) is 4.31 Å². The highest BCUT2D eigenvalue weighted by atomic mass is 32.2. The van der Waals surface area contributed by atoms with E-state index in [2.05, 4.69) is 0 Å². The highest BCUT2D eigenvalue weighted by Crippen LogP contribution is 2.22. The largest absolute Gasteiger partial charge is 0.497 e. The quantitative estimate of drug-likeness (QED) is 0.872. The van der Waals surface area contributed by atoms with Crippen molar-refractivity contribution in [3.05, 3.63) is 24.3 Å². The summed E-state index contributed by atoms with van der Waals surface area (Å²) < 4.78 is 37.2. The van der Waals surface area contributed by atoms with Gasteiger partial charge in [-0.1, -0.05) is 6.07 Å². The summed E-state index contributed by atoms with van der Waals surface area (Å²) in [7, 11) is -2.04. The molecule has 1 saturated heterocycles. The second-order valence-electron chi connectivity index (χ2n) is 4.81. The summed E-state index contributed by atoms with van der Waals surface area (Å²) in [4.78, 5) is 0.224. The molecule has 0 saturated carbocycles. The minimum Gasteiger partial charge on any atom is -0.497 e.